The number of hydrogen-bond acceptors (Lipinski definition) is 6. The van der Waals surface area contributed by atoms with Crippen LogP contribution in [-0.2, 0) is 28.6 Å². The molecule has 0 heterocycles. The highest BCUT2D eigenvalue weighted by atomic mass is 16.6. The number of esters is 3. The lowest BCUT2D eigenvalue weighted by Gasteiger charge is -2.18. The fraction of sp³-hybridized carbons (Fsp3) is 0.741. The van der Waals surface area contributed by atoms with Gasteiger partial charge in [0.15, 0.2) is 6.10 Å². The maximum absolute atomic E-state index is 12.7. The molecule has 1 atom stereocenters. The zero-order valence-electron chi connectivity index (χ0n) is 42.0. The van der Waals surface area contributed by atoms with E-state index in [4.69, 9.17) is 14.2 Å². The van der Waals surface area contributed by atoms with Gasteiger partial charge < -0.3 is 14.2 Å². The van der Waals surface area contributed by atoms with E-state index in [-0.39, 0.29) is 31.6 Å². The van der Waals surface area contributed by atoms with Gasteiger partial charge in [-0.15, -0.1) is 0 Å². The fourth-order valence-corrected chi connectivity index (χ4v) is 7.45. The highest BCUT2D eigenvalue weighted by Crippen LogP contribution is 2.15. The van der Waals surface area contributed by atoms with Crippen molar-refractivity contribution in [3.8, 4) is 0 Å². The molecule has 6 heteroatoms. The summed E-state index contributed by atoms with van der Waals surface area (Å²) in [5.74, 6) is -1.04. The Labute approximate surface area is 395 Å². The number of carbonyl (C=O) groups is 3. The quantitative estimate of drug-likeness (QED) is 0.0262. The van der Waals surface area contributed by atoms with Gasteiger partial charge in [0, 0.05) is 12.8 Å². The Morgan fingerprint density at radius 1 is 0.344 bits per heavy atom. The van der Waals surface area contributed by atoms with E-state index in [0.29, 0.717) is 12.8 Å². The summed E-state index contributed by atoms with van der Waals surface area (Å²) >= 11 is 0. The third kappa shape index (κ3) is 49.9. The van der Waals surface area contributed by atoms with Crippen molar-refractivity contribution >= 4 is 17.9 Å². The van der Waals surface area contributed by atoms with E-state index in [1.54, 1.807) is 6.08 Å². The van der Waals surface area contributed by atoms with Gasteiger partial charge in [-0.3, -0.25) is 14.4 Å². The summed E-state index contributed by atoms with van der Waals surface area (Å²) in [6.45, 7) is 6.45. The van der Waals surface area contributed by atoms with Crippen molar-refractivity contribution < 1.29 is 28.6 Å². The molecule has 1 unspecified atom stereocenters. The largest absolute Gasteiger partial charge is 0.462 e. The maximum atomic E-state index is 12.7. The molecule has 0 rings (SSSR count). The van der Waals surface area contributed by atoms with Crippen LogP contribution in [0.5, 0.6) is 0 Å². The number of ether oxygens (including phenoxy) is 3. The van der Waals surface area contributed by atoms with Crippen LogP contribution in [0.4, 0.5) is 0 Å². The van der Waals surface area contributed by atoms with Crippen molar-refractivity contribution in [2.24, 2.45) is 0 Å². The molecular weight excluding hydrogens is 793 g/mol. The van der Waals surface area contributed by atoms with Crippen LogP contribution in [0.3, 0.4) is 0 Å². The molecular formula is C58H100O6. The Bertz CT molecular complexity index is 1210. The summed E-state index contributed by atoms with van der Waals surface area (Å²) in [6.07, 6.45) is 66.3. The van der Waals surface area contributed by atoms with Crippen molar-refractivity contribution in [3.63, 3.8) is 0 Å². The first-order valence-electron chi connectivity index (χ1n) is 26.9. The summed E-state index contributed by atoms with van der Waals surface area (Å²) in [5.41, 5.74) is 0. The smallest absolute Gasteiger partial charge is 0.310 e. The molecule has 0 aliphatic carbocycles. The maximum Gasteiger partial charge on any atom is 0.310 e. The molecule has 0 radical (unpaired) electrons. The van der Waals surface area contributed by atoms with Crippen LogP contribution in [0.15, 0.2) is 72.9 Å². The second kappa shape index (κ2) is 52.5. The summed E-state index contributed by atoms with van der Waals surface area (Å²) in [5, 5.41) is 0. The van der Waals surface area contributed by atoms with Crippen molar-refractivity contribution in [1.82, 2.24) is 0 Å². The first kappa shape index (κ1) is 60.9. The molecule has 0 aliphatic rings. The van der Waals surface area contributed by atoms with Crippen LogP contribution in [0.2, 0.25) is 0 Å². The molecule has 0 aromatic carbocycles. The molecule has 0 aromatic rings. The van der Waals surface area contributed by atoms with E-state index in [0.717, 1.165) is 70.6 Å². The van der Waals surface area contributed by atoms with Crippen LogP contribution in [-0.4, -0.2) is 37.2 Å². The van der Waals surface area contributed by atoms with Gasteiger partial charge in [-0.2, -0.15) is 0 Å². The zero-order chi connectivity index (χ0) is 46.5. The molecule has 0 N–H and O–H groups in total. The Hall–Kier alpha value is -3.15. The average Bonchev–Trinajstić information content (AvgIpc) is 3.29. The first-order chi connectivity index (χ1) is 31.5. The topological polar surface area (TPSA) is 78.9 Å². The summed E-state index contributed by atoms with van der Waals surface area (Å²) < 4.78 is 16.7. The van der Waals surface area contributed by atoms with Crippen LogP contribution in [0.1, 0.15) is 258 Å². The number of unbranched alkanes of at least 4 members (excludes halogenated alkanes) is 26. The Morgan fingerprint density at radius 2 is 0.656 bits per heavy atom. The van der Waals surface area contributed by atoms with Gasteiger partial charge in [-0.1, -0.05) is 241 Å². The van der Waals surface area contributed by atoms with Crippen LogP contribution in [0.25, 0.3) is 0 Å². The van der Waals surface area contributed by atoms with Gasteiger partial charge in [0.1, 0.15) is 13.2 Å². The van der Waals surface area contributed by atoms with E-state index in [1.165, 1.54) is 148 Å². The van der Waals surface area contributed by atoms with E-state index < -0.39 is 12.1 Å². The number of carbonyl (C=O) groups excluding carboxylic acids is 3. The second-order valence-corrected chi connectivity index (χ2v) is 17.8. The summed E-state index contributed by atoms with van der Waals surface area (Å²) in [4.78, 5) is 38.0. The first-order valence-corrected chi connectivity index (χ1v) is 26.9. The standard InChI is InChI=1S/C58H100O6/c1-4-7-10-13-16-19-22-25-27-28-29-31-33-36-39-42-45-48-51-57(60)63-54-55(53-62-56(59)50-47-44-41-38-35-32-24-21-18-15-12-9-6-3)64-58(61)52-49-46-43-40-37-34-30-26-23-20-17-14-11-8-5-2/h8,11,17,20,26-28,30,37,40,46,49,55H,4-7,9-10,12-16,18-19,21-25,29,31-36,38-39,41-45,47-48,50-54H2,1-3H3/b11-8-,20-17-,28-27-,30-26-,40-37-,49-46-. The van der Waals surface area contributed by atoms with Crippen LogP contribution >= 0.6 is 0 Å². The molecule has 0 saturated heterocycles. The molecule has 0 aromatic heterocycles. The van der Waals surface area contributed by atoms with Crippen molar-refractivity contribution in [2.45, 2.75) is 264 Å². The monoisotopic (exact) mass is 893 g/mol. The van der Waals surface area contributed by atoms with Crippen molar-refractivity contribution in [2.75, 3.05) is 13.2 Å². The lowest BCUT2D eigenvalue weighted by molar-refractivity contribution is -0.166. The van der Waals surface area contributed by atoms with Crippen molar-refractivity contribution in [3.05, 3.63) is 72.9 Å². The van der Waals surface area contributed by atoms with Crippen LogP contribution in [0, 0.1) is 0 Å². The molecule has 0 saturated carbocycles. The summed E-state index contributed by atoms with van der Waals surface area (Å²) in [7, 11) is 0. The van der Waals surface area contributed by atoms with Gasteiger partial charge >= 0.3 is 17.9 Å². The minimum atomic E-state index is -0.829. The minimum Gasteiger partial charge on any atom is -0.462 e. The average molecular weight is 893 g/mol. The molecule has 0 bridgehead atoms. The van der Waals surface area contributed by atoms with Crippen LogP contribution < -0.4 is 0 Å². The van der Waals surface area contributed by atoms with E-state index in [2.05, 4.69) is 81.5 Å². The fourth-order valence-electron chi connectivity index (χ4n) is 7.45. The van der Waals surface area contributed by atoms with E-state index >= 15 is 0 Å². The Kier molecular flexibility index (Phi) is 49.9. The predicted octanol–water partition coefficient (Wildman–Crippen LogP) is 17.8. The Morgan fingerprint density at radius 3 is 1.02 bits per heavy atom. The highest BCUT2D eigenvalue weighted by Gasteiger charge is 2.19. The predicted molar refractivity (Wildman–Crippen MR) is 274 cm³/mol. The van der Waals surface area contributed by atoms with Gasteiger partial charge in [0.25, 0.3) is 0 Å². The highest BCUT2D eigenvalue weighted by molar-refractivity contribution is 5.72. The molecule has 6 nitrogen and oxygen atoms in total. The molecule has 0 amide bonds. The Balaban J connectivity index is 4.47. The lowest BCUT2D eigenvalue weighted by atomic mass is 10.0. The van der Waals surface area contributed by atoms with E-state index in [9.17, 15) is 14.4 Å². The molecule has 64 heavy (non-hydrogen) atoms. The van der Waals surface area contributed by atoms with Crippen molar-refractivity contribution in [1.29, 1.82) is 0 Å². The third-order valence-corrected chi connectivity index (χ3v) is 11.5. The van der Waals surface area contributed by atoms with Gasteiger partial charge in [-0.25, -0.2) is 0 Å². The molecule has 368 valence electrons. The van der Waals surface area contributed by atoms with E-state index in [1.807, 2.05) is 6.08 Å². The SMILES string of the molecule is CC/C=C\C/C=C\C/C=C\C/C=C\C/C=C\CC(=O)OC(COC(=O)CCCCCCCCC/C=C\CCCCCCCCC)COC(=O)CCCCCCCCCCCCCCC. The molecule has 0 aliphatic heterocycles. The molecule has 0 spiro atoms. The zero-order valence-corrected chi connectivity index (χ0v) is 42.0. The summed E-state index contributed by atoms with van der Waals surface area (Å²) in [6, 6.07) is 0. The normalized spacial score (nSPS) is 12.6. The van der Waals surface area contributed by atoms with Gasteiger partial charge in [0.05, 0.1) is 6.42 Å². The number of hydrogen-bond donors (Lipinski definition) is 0. The lowest BCUT2D eigenvalue weighted by Crippen LogP contribution is -2.30. The third-order valence-electron chi connectivity index (χ3n) is 11.5. The number of allylic oxidation sites excluding steroid dienone is 11. The minimum absolute atomic E-state index is 0.0981. The molecule has 0 fully saturated rings. The second-order valence-electron chi connectivity index (χ2n) is 17.8. The van der Waals surface area contributed by atoms with Gasteiger partial charge in [0.2, 0.25) is 0 Å². The number of rotatable bonds is 48. The van der Waals surface area contributed by atoms with Gasteiger partial charge in [-0.05, 0) is 70.6 Å².